The molecule has 1 heterocycles. The maximum Gasteiger partial charge on any atom is 0.374 e. The quantitative estimate of drug-likeness (QED) is 0.897. The molecule has 104 valence electrons. The molecular weight excluding hydrogens is 288 g/mol. The van der Waals surface area contributed by atoms with Gasteiger partial charge in [-0.3, -0.25) is 4.79 Å². The van der Waals surface area contributed by atoms with Crippen LogP contribution in [0.5, 0.6) is 5.75 Å². The van der Waals surface area contributed by atoms with E-state index in [-0.39, 0.29) is 5.69 Å². The number of anilines is 1. The number of benzene rings is 1. The number of hydrogen-bond acceptors (Lipinski definition) is 5. The van der Waals surface area contributed by atoms with Crippen molar-refractivity contribution in [2.24, 2.45) is 0 Å². The lowest BCUT2D eigenvalue weighted by atomic mass is 10.2. The van der Waals surface area contributed by atoms with E-state index in [0.717, 1.165) is 6.07 Å². The van der Waals surface area contributed by atoms with Gasteiger partial charge in [0.25, 0.3) is 5.91 Å². The Kier molecular flexibility index (Phi) is 3.90. The molecule has 1 aromatic carbocycles. The first-order valence-electron chi connectivity index (χ1n) is 5.36. The molecule has 20 heavy (non-hydrogen) atoms. The van der Waals surface area contributed by atoms with Crippen LogP contribution < -0.4 is 10.1 Å². The van der Waals surface area contributed by atoms with E-state index in [2.05, 4.69) is 15.0 Å². The van der Waals surface area contributed by atoms with Gasteiger partial charge in [-0.1, -0.05) is 16.8 Å². The lowest BCUT2D eigenvalue weighted by molar-refractivity contribution is 0.0651. The lowest BCUT2D eigenvalue weighted by Crippen LogP contribution is -2.12. The van der Waals surface area contributed by atoms with Gasteiger partial charge in [0.1, 0.15) is 5.75 Å². The third kappa shape index (κ3) is 2.89. The van der Waals surface area contributed by atoms with E-state index in [1.54, 1.807) is 12.1 Å². The number of amides is 1. The Balaban J connectivity index is 2.16. The number of nitrogens with one attached hydrogen (secondary N) is 1. The predicted octanol–water partition coefficient (Wildman–Crippen LogP) is 2.29. The molecule has 1 amide bonds. The van der Waals surface area contributed by atoms with Crippen LogP contribution in [0.2, 0.25) is 5.02 Å². The van der Waals surface area contributed by atoms with Crippen LogP contribution in [0.3, 0.4) is 0 Å². The van der Waals surface area contributed by atoms with Crippen molar-refractivity contribution in [1.82, 2.24) is 5.16 Å². The molecule has 8 heteroatoms. The van der Waals surface area contributed by atoms with Crippen LogP contribution in [0.15, 0.2) is 28.8 Å². The highest BCUT2D eigenvalue weighted by Gasteiger charge is 2.17. The zero-order chi connectivity index (χ0) is 14.7. The Morgan fingerprint density at radius 1 is 1.40 bits per heavy atom. The number of carboxylic acid groups (broad SMARTS) is 1. The largest absolute Gasteiger partial charge is 0.495 e. The van der Waals surface area contributed by atoms with Crippen molar-refractivity contribution in [2.45, 2.75) is 0 Å². The molecule has 2 rings (SSSR count). The van der Waals surface area contributed by atoms with Crippen molar-refractivity contribution >= 4 is 29.2 Å². The van der Waals surface area contributed by atoms with Gasteiger partial charge in [0.05, 0.1) is 12.1 Å². The highest BCUT2D eigenvalue weighted by atomic mass is 35.5. The number of halogens is 1. The van der Waals surface area contributed by atoms with Crippen molar-refractivity contribution in [3.8, 4) is 5.75 Å². The first kappa shape index (κ1) is 13.9. The number of ether oxygens (including phenoxy) is 1. The molecule has 0 unspecified atom stereocenters. The fourth-order valence-electron chi connectivity index (χ4n) is 1.42. The average molecular weight is 297 g/mol. The molecule has 0 atom stereocenters. The Labute approximate surface area is 118 Å². The number of carbonyl (C=O) groups excluding carboxylic acids is 1. The van der Waals surface area contributed by atoms with Gasteiger partial charge in [-0.2, -0.15) is 0 Å². The normalized spacial score (nSPS) is 10.1. The highest BCUT2D eigenvalue weighted by molar-refractivity contribution is 6.32. The summed E-state index contributed by atoms with van der Waals surface area (Å²) in [6.45, 7) is 0. The third-order valence-corrected chi connectivity index (χ3v) is 2.67. The van der Waals surface area contributed by atoms with E-state index in [9.17, 15) is 9.59 Å². The number of rotatable bonds is 4. The lowest BCUT2D eigenvalue weighted by Gasteiger charge is -2.06. The zero-order valence-corrected chi connectivity index (χ0v) is 11.0. The Morgan fingerprint density at radius 3 is 2.75 bits per heavy atom. The van der Waals surface area contributed by atoms with Crippen molar-refractivity contribution in [3.05, 3.63) is 40.7 Å². The molecule has 0 saturated heterocycles. The average Bonchev–Trinajstić information content (AvgIpc) is 2.91. The Bertz CT molecular complexity index is 668. The number of hydrogen-bond donors (Lipinski definition) is 2. The summed E-state index contributed by atoms with van der Waals surface area (Å²) in [5.41, 5.74) is 0.285. The summed E-state index contributed by atoms with van der Waals surface area (Å²) in [4.78, 5) is 22.5. The fraction of sp³-hybridized carbons (Fsp3) is 0.0833. The second-order valence-electron chi connectivity index (χ2n) is 3.69. The number of carboxylic acids is 1. The van der Waals surface area contributed by atoms with E-state index in [1.165, 1.54) is 13.2 Å². The molecular formula is C12H9ClN2O5. The van der Waals surface area contributed by atoms with E-state index < -0.39 is 17.6 Å². The van der Waals surface area contributed by atoms with Crippen LogP contribution in [0.1, 0.15) is 21.0 Å². The summed E-state index contributed by atoms with van der Waals surface area (Å²) in [6.07, 6.45) is 0. The fourth-order valence-corrected chi connectivity index (χ4v) is 1.61. The molecule has 0 aliphatic heterocycles. The minimum Gasteiger partial charge on any atom is -0.495 e. The van der Waals surface area contributed by atoms with Gasteiger partial charge in [0.2, 0.25) is 5.76 Å². The topological polar surface area (TPSA) is 102 Å². The maximum absolute atomic E-state index is 11.8. The standard InChI is InChI=1S/C12H9ClN2O5/c1-19-9-4-6(2-3-7(9)13)14-11(16)8-5-10(12(17)18)20-15-8/h2-5H,1H3,(H,14,16)(H,17,18). The van der Waals surface area contributed by atoms with Crippen molar-refractivity contribution in [1.29, 1.82) is 0 Å². The van der Waals surface area contributed by atoms with Crippen molar-refractivity contribution < 1.29 is 24.0 Å². The molecule has 0 saturated carbocycles. The number of methoxy groups -OCH3 is 1. The van der Waals surface area contributed by atoms with Crippen LogP contribution in [0.4, 0.5) is 5.69 Å². The molecule has 0 spiro atoms. The molecule has 0 bridgehead atoms. The van der Waals surface area contributed by atoms with Crippen LogP contribution >= 0.6 is 11.6 Å². The van der Waals surface area contributed by atoms with Crippen molar-refractivity contribution in [3.63, 3.8) is 0 Å². The Morgan fingerprint density at radius 2 is 2.15 bits per heavy atom. The van der Waals surface area contributed by atoms with Crippen LogP contribution in [0.25, 0.3) is 0 Å². The van der Waals surface area contributed by atoms with E-state index >= 15 is 0 Å². The summed E-state index contributed by atoms with van der Waals surface area (Å²) in [5, 5.41) is 15.0. The number of carbonyl (C=O) groups is 2. The van der Waals surface area contributed by atoms with Gasteiger partial charge in [-0.15, -0.1) is 0 Å². The summed E-state index contributed by atoms with van der Waals surface area (Å²) >= 11 is 5.86. The Hall–Kier alpha value is -2.54. The van der Waals surface area contributed by atoms with Crippen molar-refractivity contribution in [2.75, 3.05) is 12.4 Å². The van der Waals surface area contributed by atoms with Crippen LogP contribution in [-0.2, 0) is 0 Å². The molecule has 2 aromatic rings. The molecule has 2 N–H and O–H groups in total. The van der Waals surface area contributed by atoms with Gasteiger partial charge in [-0.05, 0) is 12.1 Å². The molecule has 0 fully saturated rings. The summed E-state index contributed by atoms with van der Waals surface area (Å²) in [6, 6.07) is 5.69. The van der Waals surface area contributed by atoms with Gasteiger partial charge in [-0.25, -0.2) is 4.79 Å². The van der Waals surface area contributed by atoms with Gasteiger partial charge < -0.3 is 19.7 Å². The van der Waals surface area contributed by atoms with Gasteiger partial charge >= 0.3 is 5.97 Å². The molecule has 0 aliphatic carbocycles. The monoisotopic (exact) mass is 296 g/mol. The third-order valence-electron chi connectivity index (χ3n) is 2.36. The van der Waals surface area contributed by atoms with E-state index in [0.29, 0.717) is 16.5 Å². The number of aromatic carboxylic acids is 1. The maximum atomic E-state index is 11.8. The minimum atomic E-state index is -1.30. The summed E-state index contributed by atoms with van der Waals surface area (Å²) in [5.74, 6) is -1.92. The second kappa shape index (κ2) is 5.62. The number of aromatic nitrogens is 1. The molecule has 7 nitrogen and oxygen atoms in total. The first-order chi connectivity index (χ1) is 9.51. The van der Waals surface area contributed by atoms with E-state index in [1.807, 2.05) is 0 Å². The predicted molar refractivity (Wildman–Crippen MR) is 69.4 cm³/mol. The summed E-state index contributed by atoms with van der Waals surface area (Å²) < 4.78 is 9.51. The van der Waals surface area contributed by atoms with E-state index in [4.69, 9.17) is 21.4 Å². The smallest absolute Gasteiger partial charge is 0.374 e. The summed E-state index contributed by atoms with van der Waals surface area (Å²) in [7, 11) is 1.45. The first-order valence-corrected chi connectivity index (χ1v) is 5.74. The SMILES string of the molecule is COc1cc(NC(=O)c2cc(C(=O)O)on2)ccc1Cl. The molecule has 0 radical (unpaired) electrons. The minimum absolute atomic E-state index is 0.142. The second-order valence-corrected chi connectivity index (χ2v) is 4.09. The van der Waals surface area contributed by atoms with Gasteiger partial charge in [0.15, 0.2) is 5.69 Å². The van der Waals surface area contributed by atoms with Crippen LogP contribution in [-0.4, -0.2) is 29.2 Å². The number of nitrogens with zero attached hydrogens (tertiary/aromatic N) is 1. The van der Waals surface area contributed by atoms with Gasteiger partial charge in [0, 0.05) is 17.8 Å². The molecule has 0 aliphatic rings. The molecule has 1 aromatic heterocycles. The highest BCUT2D eigenvalue weighted by Crippen LogP contribution is 2.27. The zero-order valence-electron chi connectivity index (χ0n) is 10.2. The van der Waals surface area contributed by atoms with Crippen LogP contribution in [0, 0.1) is 0 Å².